The summed E-state index contributed by atoms with van der Waals surface area (Å²) in [5.74, 6) is -1.17. The van der Waals surface area contributed by atoms with Gasteiger partial charge in [0.2, 0.25) is 16.9 Å². The van der Waals surface area contributed by atoms with Gasteiger partial charge in [0.25, 0.3) is 0 Å². The third-order valence-corrected chi connectivity index (χ3v) is 9.11. The maximum Gasteiger partial charge on any atom is 0.304 e. The number of aromatic nitrogens is 2. The Bertz CT molecular complexity index is 1440. The second-order valence-electron chi connectivity index (χ2n) is 10.8. The lowest BCUT2D eigenvalue weighted by molar-refractivity contribution is -0.140. The van der Waals surface area contributed by atoms with Crippen LogP contribution in [-0.2, 0) is 14.4 Å². The molecular weight excluding hydrogens is 567 g/mol. The molecule has 2 aromatic heterocycles. The highest BCUT2D eigenvalue weighted by Crippen LogP contribution is 2.40. The molecule has 1 saturated heterocycles. The number of aliphatic carboxylic acids is 1. The Morgan fingerprint density at radius 1 is 1.17 bits per heavy atom. The highest BCUT2D eigenvalue weighted by molar-refractivity contribution is 7.14. The van der Waals surface area contributed by atoms with Crippen LogP contribution in [-0.4, -0.2) is 46.5 Å². The van der Waals surface area contributed by atoms with E-state index in [9.17, 15) is 19.5 Å². The second kappa shape index (κ2) is 12.7. The summed E-state index contributed by atoms with van der Waals surface area (Å²) >= 11 is 7.05. The van der Waals surface area contributed by atoms with Gasteiger partial charge in [0.1, 0.15) is 11.5 Å². The number of halogens is 2. The highest BCUT2D eigenvalue weighted by Gasteiger charge is 2.31. The van der Waals surface area contributed by atoms with E-state index in [1.54, 1.807) is 35.4 Å². The third kappa shape index (κ3) is 6.59. The van der Waals surface area contributed by atoms with Gasteiger partial charge in [-0.3, -0.25) is 24.2 Å². The topological polar surface area (TPSA) is 104 Å². The summed E-state index contributed by atoms with van der Waals surface area (Å²) in [4.78, 5) is 49.2. The van der Waals surface area contributed by atoms with Gasteiger partial charge in [0, 0.05) is 48.3 Å². The zero-order valence-electron chi connectivity index (χ0n) is 22.8. The van der Waals surface area contributed by atoms with E-state index in [-0.39, 0.29) is 29.1 Å². The molecule has 11 heteroatoms. The minimum Gasteiger partial charge on any atom is -0.481 e. The largest absolute Gasteiger partial charge is 0.481 e. The maximum atomic E-state index is 15.5. The van der Waals surface area contributed by atoms with Crippen LogP contribution >= 0.6 is 22.9 Å². The van der Waals surface area contributed by atoms with Crippen molar-refractivity contribution in [3.05, 3.63) is 46.7 Å². The van der Waals surface area contributed by atoms with Gasteiger partial charge >= 0.3 is 5.97 Å². The summed E-state index contributed by atoms with van der Waals surface area (Å²) in [6.07, 6.45) is 8.34. The highest BCUT2D eigenvalue weighted by atomic mass is 35.5. The first-order valence-electron chi connectivity index (χ1n) is 13.9. The van der Waals surface area contributed by atoms with Crippen molar-refractivity contribution in [3.8, 4) is 22.4 Å². The first-order valence-corrected chi connectivity index (χ1v) is 15.1. The SMILES string of the molecule is CN(C(=O)[C@@H](CC(=O)O)CC1CCCC1)c1nc(-c2cc(Cl)ccc2-c2ccc(N3CCCCC3=O)nc2)c(F)s1. The molecule has 0 unspecified atom stereocenters. The molecule has 2 aliphatic rings. The number of nitrogens with zero attached hydrogens (tertiary/aromatic N) is 4. The van der Waals surface area contributed by atoms with Crippen molar-refractivity contribution < 1.29 is 23.9 Å². The van der Waals surface area contributed by atoms with Crippen LogP contribution < -0.4 is 9.80 Å². The van der Waals surface area contributed by atoms with E-state index in [0.29, 0.717) is 52.8 Å². The first-order chi connectivity index (χ1) is 19.7. The van der Waals surface area contributed by atoms with E-state index in [2.05, 4.69) is 9.97 Å². The number of hydrogen-bond acceptors (Lipinski definition) is 6. The van der Waals surface area contributed by atoms with Crippen LogP contribution in [0.4, 0.5) is 15.3 Å². The molecule has 8 nitrogen and oxygen atoms in total. The zero-order valence-corrected chi connectivity index (χ0v) is 24.4. The second-order valence-corrected chi connectivity index (χ2v) is 12.2. The zero-order chi connectivity index (χ0) is 29.1. The molecular formula is C30H32ClFN4O4S. The van der Waals surface area contributed by atoms with Crippen molar-refractivity contribution in [1.29, 1.82) is 0 Å². The summed E-state index contributed by atoms with van der Waals surface area (Å²) in [6.45, 7) is 0.629. The predicted octanol–water partition coefficient (Wildman–Crippen LogP) is 6.82. The molecule has 1 atom stereocenters. The Morgan fingerprint density at radius 2 is 1.95 bits per heavy atom. The van der Waals surface area contributed by atoms with E-state index in [0.717, 1.165) is 49.9 Å². The number of pyridine rings is 1. The fourth-order valence-corrected chi connectivity index (χ4v) is 6.77. The number of thiazole rings is 1. The molecule has 216 valence electrons. The minimum absolute atomic E-state index is 0.0445. The Morgan fingerprint density at radius 3 is 2.63 bits per heavy atom. The van der Waals surface area contributed by atoms with Gasteiger partial charge < -0.3 is 5.11 Å². The molecule has 1 saturated carbocycles. The Kier molecular flexibility index (Phi) is 8.99. The van der Waals surface area contributed by atoms with Gasteiger partial charge in [-0.2, -0.15) is 4.39 Å². The number of benzene rings is 1. The lowest BCUT2D eigenvalue weighted by Gasteiger charge is -2.25. The van der Waals surface area contributed by atoms with Crippen LogP contribution in [0.15, 0.2) is 36.5 Å². The van der Waals surface area contributed by atoms with Crippen molar-refractivity contribution in [3.63, 3.8) is 0 Å². The maximum absolute atomic E-state index is 15.5. The van der Waals surface area contributed by atoms with Gasteiger partial charge in [0.15, 0.2) is 5.13 Å². The molecule has 3 heterocycles. The lowest BCUT2D eigenvalue weighted by Crippen LogP contribution is -2.35. The monoisotopic (exact) mass is 598 g/mol. The summed E-state index contributed by atoms with van der Waals surface area (Å²) in [7, 11) is 1.51. The standard InChI is InChI=1S/C30H32ClFN4O4S/c1-35(29(40)20(15-26(38)39)14-18-6-2-3-7-18)30-34-27(28(32)41-30)23-16-21(31)10-11-22(23)19-9-12-24(33-17-19)36-13-5-4-8-25(36)37/h9-12,16-18,20H,2-8,13-15H2,1H3,(H,38,39)/t20-/m1/s1. The smallest absolute Gasteiger partial charge is 0.304 e. The Balaban J connectivity index is 1.42. The summed E-state index contributed by atoms with van der Waals surface area (Å²) in [5.41, 5.74) is 1.83. The average Bonchev–Trinajstić information content (AvgIpc) is 3.61. The number of rotatable bonds is 9. The number of carbonyl (C=O) groups excluding carboxylic acids is 2. The molecule has 2 fully saturated rings. The van der Waals surface area contributed by atoms with Gasteiger partial charge in [-0.25, -0.2) is 9.97 Å². The van der Waals surface area contributed by atoms with Crippen molar-refractivity contribution in [1.82, 2.24) is 9.97 Å². The molecule has 0 radical (unpaired) electrons. The molecule has 2 amide bonds. The van der Waals surface area contributed by atoms with Crippen LogP contribution in [0.25, 0.3) is 22.4 Å². The number of carbonyl (C=O) groups is 3. The third-order valence-electron chi connectivity index (χ3n) is 7.95. The van der Waals surface area contributed by atoms with E-state index in [1.807, 2.05) is 6.07 Å². The summed E-state index contributed by atoms with van der Waals surface area (Å²) in [6, 6.07) is 8.69. The van der Waals surface area contributed by atoms with E-state index >= 15 is 4.39 Å². The summed E-state index contributed by atoms with van der Waals surface area (Å²) < 4.78 is 15.5. The fraction of sp³-hybridized carbons (Fsp3) is 0.433. The van der Waals surface area contributed by atoms with Crippen molar-refractivity contribution >= 4 is 51.7 Å². The molecule has 3 aromatic rings. The van der Waals surface area contributed by atoms with Crippen LogP contribution in [0.5, 0.6) is 0 Å². The molecule has 0 spiro atoms. The van der Waals surface area contributed by atoms with Gasteiger partial charge in [-0.15, -0.1) is 0 Å². The number of anilines is 2. The summed E-state index contributed by atoms with van der Waals surface area (Å²) in [5, 5.41) is 9.40. The number of hydrogen-bond donors (Lipinski definition) is 1. The fourth-order valence-electron chi connectivity index (χ4n) is 5.82. The van der Waals surface area contributed by atoms with Crippen LogP contribution in [0.3, 0.4) is 0 Å². The molecule has 5 rings (SSSR count). The molecule has 1 N–H and O–H groups in total. The quantitative estimate of drug-likeness (QED) is 0.290. The molecule has 41 heavy (non-hydrogen) atoms. The van der Waals surface area contributed by atoms with E-state index in [4.69, 9.17) is 11.6 Å². The normalized spacial score (nSPS) is 16.7. The Hall–Kier alpha value is -3.37. The van der Waals surface area contributed by atoms with Crippen molar-refractivity contribution in [2.24, 2.45) is 11.8 Å². The Labute approximate surface area is 247 Å². The molecule has 1 aliphatic carbocycles. The number of amides is 2. The van der Waals surface area contributed by atoms with Crippen molar-refractivity contribution in [2.75, 3.05) is 23.4 Å². The first kappa shape index (κ1) is 29.1. The van der Waals surface area contributed by atoms with Crippen LogP contribution in [0.2, 0.25) is 5.02 Å². The number of piperidine rings is 1. The molecule has 1 aliphatic heterocycles. The van der Waals surface area contributed by atoms with E-state index in [1.165, 1.54) is 11.9 Å². The lowest BCUT2D eigenvalue weighted by atomic mass is 9.90. The predicted molar refractivity (Wildman–Crippen MR) is 158 cm³/mol. The number of carboxylic acid groups (broad SMARTS) is 1. The number of carboxylic acids is 1. The minimum atomic E-state index is -1.03. The van der Waals surface area contributed by atoms with Gasteiger partial charge in [-0.1, -0.05) is 54.7 Å². The van der Waals surface area contributed by atoms with E-state index < -0.39 is 17.0 Å². The average molecular weight is 599 g/mol. The van der Waals surface area contributed by atoms with Crippen molar-refractivity contribution in [2.45, 2.75) is 57.8 Å². The van der Waals surface area contributed by atoms with Gasteiger partial charge in [0.05, 0.1) is 6.42 Å². The van der Waals surface area contributed by atoms with Crippen LogP contribution in [0.1, 0.15) is 57.8 Å². The van der Waals surface area contributed by atoms with Crippen LogP contribution in [0, 0.1) is 17.0 Å². The molecule has 1 aromatic carbocycles. The van der Waals surface area contributed by atoms with Gasteiger partial charge in [-0.05, 0) is 55.0 Å². The molecule has 0 bridgehead atoms.